The van der Waals surface area contributed by atoms with Crippen LogP contribution in [0, 0.1) is 6.92 Å². The van der Waals surface area contributed by atoms with Crippen LogP contribution >= 0.6 is 0 Å². The van der Waals surface area contributed by atoms with E-state index in [2.05, 4.69) is 28.8 Å². The fourth-order valence-corrected chi connectivity index (χ4v) is 5.93. The smallest absolute Gasteiger partial charge is 0.339 e. The Bertz CT molecular complexity index is 1340. The van der Waals surface area contributed by atoms with Gasteiger partial charge in [0.1, 0.15) is 11.1 Å². The highest BCUT2D eigenvalue weighted by atomic mass is 32.2. The van der Waals surface area contributed by atoms with E-state index in [4.69, 9.17) is 4.42 Å². The molecule has 1 unspecified atom stereocenters. The highest BCUT2D eigenvalue weighted by Crippen LogP contribution is 2.30. The Balaban J connectivity index is 1.54. The minimum atomic E-state index is -3.71. The molecule has 1 aromatic heterocycles. The van der Waals surface area contributed by atoms with E-state index >= 15 is 0 Å². The monoisotopic (exact) mass is 505 g/mol. The third-order valence-corrected chi connectivity index (χ3v) is 8.57. The van der Waals surface area contributed by atoms with Gasteiger partial charge in [0, 0.05) is 62.5 Å². The molecule has 1 aromatic carbocycles. The molecule has 0 saturated carbocycles. The van der Waals surface area contributed by atoms with Gasteiger partial charge in [0.15, 0.2) is 0 Å². The van der Waals surface area contributed by atoms with Gasteiger partial charge in [-0.15, -0.1) is 0 Å². The van der Waals surface area contributed by atoms with E-state index in [9.17, 15) is 22.8 Å². The van der Waals surface area contributed by atoms with E-state index in [0.29, 0.717) is 11.1 Å². The lowest BCUT2D eigenvalue weighted by Gasteiger charge is -2.22. The number of anilines is 1. The average Bonchev–Trinajstić information content (AvgIpc) is 3.36. The molecule has 4 rings (SSSR count). The van der Waals surface area contributed by atoms with E-state index in [1.165, 1.54) is 7.05 Å². The Morgan fingerprint density at radius 3 is 2.57 bits per heavy atom. The molecule has 1 spiro atoms. The number of amides is 3. The van der Waals surface area contributed by atoms with Crippen molar-refractivity contribution in [2.75, 3.05) is 44.7 Å². The van der Waals surface area contributed by atoms with Gasteiger partial charge < -0.3 is 14.6 Å². The summed E-state index contributed by atoms with van der Waals surface area (Å²) in [5.41, 5.74) is 0.822. The third kappa shape index (κ3) is 4.30. The molecule has 3 amide bonds. The van der Waals surface area contributed by atoms with E-state index in [-0.39, 0.29) is 32.5 Å². The first-order valence-electron chi connectivity index (χ1n) is 11.7. The normalized spacial score (nSPS) is 20.9. The lowest BCUT2D eigenvalue weighted by molar-refractivity contribution is -0.130. The molecule has 3 heterocycles. The molecule has 12 heteroatoms. The van der Waals surface area contributed by atoms with Crippen LogP contribution in [0.3, 0.4) is 0 Å². The van der Waals surface area contributed by atoms with E-state index < -0.39 is 33.3 Å². The highest BCUT2D eigenvalue weighted by Gasteiger charge is 2.56. The highest BCUT2D eigenvalue weighted by molar-refractivity contribution is 7.87. The van der Waals surface area contributed by atoms with Crippen molar-refractivity contribution in [3.63, 3.8) is 0 Å². The second-order valence-electron chi connectivity index (χ2n) is 8.86. The summed E-state index contributed by atoms with van der Waals surface area (Å²) in [7, 11) is -2.42. The van der Waals surface area contributed by atoms with Gasteiger partial charge in [0.25, 0.3) is 16.1 Å². The number of carbonyl (C=O) groups is 2. The number of carbonyl (C=O) groups excluding carboxylic acids is 2. The van der Waals surface area contributed by atoms with Crippen LogP contribution in [-0.2, 0) is 21.4 Å². The lowest BCUT2D eigenvalue weighted by atomic mass is 9.98. The summed E-state index contributed by atoms with van der Waals surface area (Å²) in [4.78, 5) is 41.8. The predicted octanol–water partition coefficient (Wildman–Crippen LogP) is 0.951. The van der Waals surface area contributed by atoms with Crippen molar-refractivity contribution in [3.05, 3.63) is 39.7 Å². The molecule has 2 saturated heterocycles. The Morgan fingerprint density at radius 1 is 1.20 bits per heavy atom. The average molecular weight is 506 g/mol. The van der Waals surface area contributed by atoms with E-state index in [1.54, 1.807) is 0 Å². The number of rotatable bonds is 8. The van der Waals surface area contributed by atoms with Gasteiger partial charge in [0.2, 0.25) is 0 Å². The van der Waals surface area contributed by atoms with Crippen LogP contribution < -0.4 is 20.6 Å². The molecular weight excluding hydrogens is 474 g/mol. The molecular formula is C23H31N5O6S. The zero-order chi connectivity index (χ0) is 25.5. The molecule has 0 radical (unpaired) electrons. The summed E-state index contributed by atoms with van der Waals surface area (Å²) in [5.74, 6) is -0.483. The molecule has 2 fully saturated rings. The van der Waals surface area contributed by atoms with Gasteiger partial charge in [0.05, 0.1) is 0 Å². The standard InChI is InChI=1S/C23H31N5O6S/c1-5-26(6-2)16-7-8-17-15(3)18(20(29)34-19(17)13-16)9-11-28-21(30)23(25-22(28)31)10-12-27(14-23)35(32,33)24-4/h7-8,13,24H,5-6,9-12,14H2,1-4H3,(H,25,31). The summed E-state index contributed by atoms with van der Waals surface area (Å²) in [6.07, 6.45) is 0.316. The first-order valence-corrected chi connectivity index (χ1v) is 13.1. The summed E-state index contributed by atoms with van der Waals surface area (Å²) in [5, 5.41) is 3.47. The van der Waals surface area contributed by atoms with Crippen LogP contribution in [0.5, 0.6) is 0 Å². The van der Waals surface area contributed by atoms with Gasteiger partial charge in [-0.05, 0) is 51.3 Å². The Morgan fingerprint density at radius 2 is 1.91 bits per heavy atom. The van der Waals surface area contributed by atoms with E-state index in [0.717, 1.165) is 38.9 Å². The van der Waals surface area contributed by atoms with Gasteiger partial charge in [-0.25, -0.2) is 14.3 Å². The van der Waals surface area contributed by atoms with Crippen molar-refractivity contribution in [2.45, 2.75) is 39.2 Å². The largest absolute Gasteiger partial charge is 0.422 e. The number of nitrogens with one attached hydrogen (secondary N) is 2. The minimum absolute atomic E-state index is 0.0141. The summed E-state index contributed by atoms with van der Waals surface area (Å²) in [6, 6.07) is 5.17. The van der Waals surface area contributed by atoms with Crippen LogP contribution in [-0.4, -0.2) is 74.9 Å². The summed E-state index contributed by atoms with van der Waals surface area (Å²) >= 11 is 0. The summed E-state index contributed by atoms with van der Waals surface area (Å²) < 4.78 is 33.2. The zero-order valence-corrected chi connectivity index (χ0v) is 21.2. The van der Waals surface area contributed by atoms with Crippen molar-refractivity contribution in [2.24, 2.45) is 0 Å². The van der Waals surface area contributed by atoms with Crippen LogP contribution in [0.1, 0.15) is 31.4 Å². The van der Waals surface area contributed by atoms with Crippen LogP contribution in [0.2, 0.25) is 0 Å². The van der Waals surface area contributed by atoms with Crippen molar-refractivity contribution in [3.8, 4) is 0 Å². The molecule has 35 heavy (non-hydrogen) atoms. The van der Waals surface area contributed by atoms with Crippen molar-refractivity contribution < 1.29 is 22.4 Å². The number of benzene rings is 1. The Labute approximate surface area is 204 Å². The second-order valence-corrected chi connectivity index (χ2v) is 10.7. The maximum atomic E-state index is 13.2. The SMILES string of the molecule is CCN(CC)c1ccc2c(C)c(CCN3C(=O)NC4(CCN(S(=O)(=O)NC)C4)C3=O)c(=O)oc2c1. The molecule has 2 aliphatic rings. The molecule has 1 atom stereocenters. The number of aryl methyl sites for hydroxylation is 1. The number of fused-ring (bicyclic) bond motifs is 1. The van der Waals surface area contributed by atoms with Crippen LogP contribution in [0.4, 0.5) is 10.5 Å². The van der Waals surface area contributed by atoms with Gasteiger partial charge in [-0.3, -0.25) is 9.69 Å². The number of hydrogen-bond donors (Lipinski definition) is 2. The van der Waals surface area contributed by atoms with Crippen LogP contribution in [0.25, 0.3) is 11.0 Å². The first-order chi connectivity index (χ1) is 16.6. The van der Waals surface area contributed by atoms with Gasteiger partial charge >= 0.3 is 11.7 Å². The van der Waals surface area contributed by atoms with E-state index in [1.807, 2.05) is 25.1 Å². The molecule has 2 aliphatic heterocycles. The Kier molecular flexibility index (Phi) is 6.64. The number of imide groups is 1. The summed E-state index contributed by atoms with van der Waals surface area (Å²) in [6.45, 7) is 7.57. The first kappa shape index (κ1) is 25.1. The second kappa shape index (κ2) is 9.25. The number of nitrogens with zero attached hydrogens (tertiary/aromatic N) is 3. The van der Waals surface area contributed by atoms with Crippen molar-refractivity contribution in [1.29, 1.82) is 0 Å². The quantitative estimate of drug-likeness (QED) is 0.403. The molecule has 2 aromatic rings. The zero-order valence-electron chi connectivity index (χ0n) is 20.4. The van der Waals surface area contributed by atoms with Crippen LogP contribution in [0.15, 0.2) is 27.4 Å². The van der Waals surface area contributed by atoms with Crippen molar-refractivity contribution >= 4 is 38.8 Å². The predicted molar refractivity (Wildman–Crippen MR) is 132 cm³/mol. The fraction of sp³-hybridized carbons (Fsp3) is 0.522. The van der Waals surface area contributed by atoms with Gasteiger partial charge in [-0.1, -0.05) is 0 Å². The maximum absolute atomic E-state index is 13.2. The maximum Gasteiger partial charge on any atom is 0.339 e. The molecule has 0 bridgehead atoms. The fourth-order valence-electron chi connectivity index (χ4n) is 4.95. The lowest BCUT2D eigenvalue weighted by Crippen LogP contribution is -2.50. The Hall–Kier alpha value is -2.96. The minimum Gasteiger partial charge on any atom is -0.422 e. The third-order valence-electron chi connectivity index (χ3n) is 7.06. The van der Waals surface area contributed by atoms with Crippen molar-refractivity contribution in [1.82, 2.24) is 19.2 Å². The number of hydrogen-bond acceptors (Lipinski definition) is 7. The molecule has 11 nitrogen and oxygen atoms in total. The number of urea groups is 1. The molecule has 190 valence electrons. The van der Waals surface area contributed by atoms with Gasteiger partial charge in [-0.2, -0.15) is 12.7 Å². The molecule has 0 aliphatic carbocycles. The topological polar surface area (TPSA) is 132 Å². The molecule has 2 N–H and O–H groups in total.